The zero-order valence-electron chi connectivity index (χ0n) is 9.67. The SMILES string of the molecule is CSC1CCCC1Nc1cc(Cl)c(F)cc1N. The van der Waals surface area contributed by atoms with Crippen LogP contribution in [0, 0.1) is 5.82 Å². The maximum Gasteiger partial charge on any atom is 0.143 e. The molecule has 1 aliphatic carbocycles. The van der Waals surface area contributed by atoms with Crippen LogP contribution in [0.15, 0.2) is 12.1 Å². The van der Waals surface area contributed by atoms with Crippen molar-refractivity contribution in [3.05, 3.63) is 23.0 Å². The number of anilines is 2. The minimum atomic E-state index is -0.470. The minimum absolute atomic E-state index is 0.111. The number of nitrogens with one attached hydrogen (secondary N) is 1. The first kappa shape index (κ1) is 12.8. The number of halogens is 2. The molecule has 0 radical (unpaired) electrons. The molecule has 5 heteroatoms. The molecule has 2 nitrogen and oxygen atoms in total. The molecule has 0 spiro atoms. The smallest absolute Gasteiger partial charge is 0.143 e. The normalized spacial score (nSPS) is 23.9. The molecule has 3 N–H and O–H groups in total. The van der Waals surface area contributed by atoms with Crippen LogP contribution in [0.5, 0.6) is 0 Å². The van der Waals surface area contributed by atoms with Crippen LogP contribution in [-0.4, -0.2) is 17.5 Å². The van der Waals surface area contributed by atoms with Crippen molar-refractivity contribution in [2.45, 2.75) is 30.6 Å². The molecule has 0 saturated heterocycles. The van der Waals surface area contributed by atoms with Gasteiger partial charge in [-0.2, -0.15) is 11.8 Å². The van der Waals surface area contributed by atoms with Gasteiger partial charge >= 0.3 is 0 Å². The molecule has 94 valence electrons. The highest BCUT2D eigenvalue weighted by atomic mass is 35.5. The Morgan fingerprint density at radius 3 is 2.94 bits per heavy atom. The summed E-state index contributed by atoms with van der Waals surface area (Å²) in [4.78, 5) is 0. The molecule has 1 aromatic rings. The van der Waals surface area contributed by atoms with E-state index >= 15 is 0 Å². The fourth-order valence-corrected chi connectivity index (χ4v) is 3.36. The van der Waals surface area contributed by atoms with Crippen LogP contribution in [0.2, 0.25) is 5.02 Å². The summed E-state index contributed by atoms with van der Waals surface area (Å²) >= 11 is 7.63. The van der Waals surface area contributed by atoms with Gasteiger partial charge in [-0.1, -0.05) is 18.0 Å². The third-order valence-electron chi connectivity index (χ3n) is 3.19. The molecular weight excluding hydrogens is 259 g/mol. The predicted molar refractivity (Wildman–Crippen MR) is 74.4 cm³/mol. The van der Waals surface area contributed by atoms with Crippen LogP contribution in [-0.2, 0) is 0 Å². The second kappa shape index (κ2) is 5.36. The summed E-state index contributed by atoms with van der Waals surface area (Å²) in [6.45, 7) is 0. The fraction of sp³-hybridized carbons (Fsp3) is 0.500. The van der Waals surface area contributed by atoms with Crippen molar-refractivity contribution in [1.82, 2.24) is 0 Å². The first-order valence-electron chi connectivity index (χ1n) is 5.65. The quantitative estimate of drug-likeness (QED) is 0.825. The molecule has 17 heavy (non-hydrogen) atoms. The van der Waals surface area contributed by atoms with Crippen LogP contribution >= 0.6 is 23.4 Å². The number of hydrogen-bond acceptors (Lipinski definition) is 3. The molecule has 1 fully saturated rings. The van der Waals surface area contributed by atoms with E-state index in [2.05, 4.69) is 11.6 Å². The van der Waals surface area contributed by atoms with Crippen molar-refractivity contribution >= 4 is 34.7 Å². The monoisotopic (exact) mass is 274 g/mol. The van der Waals surface area contributed by atoms with E-state index in [1.807, 2.05) is 11.8 Å². The van der Waals surface area contributed by atoms with Crippen molar-refractivity contribution < 1.29 is 4.39 Å². The summed E-state index contributed by atoms with van der Waals surface area (Å²) in [6.07, 6.45) is 5.68. The average molecular weight is 275 g/mol. The van der Waals surface area contributed by atoms with Gasteiger partial charge in [0.1, 0.15) is 5.82 Å². The van der Waals surface area contributed by atoms with E-state index < -0.39 is 5.82 Å². The van der Waals surface area contributed by atoms with Gasteiger partial charge in [0.05, 0.1) is 16.4 Å². The van der Waals surface area contributed by atoms with Crippen LogP contribution in [0.4, 0.5) is 15.8 Å². The first-order chi connectivity index (χ1) is 8.11. The molecule has 0 aromatic heterocycles. The molecule has 0 amide bonds. The maximum absolute atomic E-state index is 13.2. The van der Waals surface area contributed by atoms with E-state index in [0.717, 1.165) is 12.1 Å². The zero-order valence-corrected chi connectivity index (χ0v) is 11.2. The maximum atomic E-state index is 13.2. The van der Waals surface area contributed by atoms with Gasteiger partial charge in [0.25, 0.3) is 0 Å². The molecular formula is C12H16ClFN2S. The van der Waals surface area contributed by atoms with E-state index in [4.69, 9.17) is 17.3 Å². The van der Waals surface area contributed by atoms with Crippen molar-refractivity contribution in [2.75, 3.05) is 17.3 Å². The van der Waals surface area contributed by atoms with Gasteiger partial charge in [-0.05, 0) is 25.2 Å². The van der Waals surface area contributed by atoms with E-state index in [1.54, 1.807) is 6.07 Å². The van der Waals surface area contributed by atoms with Gasteiger partial charge in [-0.15, -0.1) is 0 Å². The molecule has 1 aromatic carbocycles. The second-order valence-electron chi connectivity index (χ2n) is 4.31. The number of nitrogen functional groups attached to an aromatic ring is 1. The number of nitrogens with two attached hydrogens (primary N) is 1. The Hall–Kier alpha value is -0.610. The van der Waals surface area contributed by atoms with E-state index in [9.17, 15) is 4.39 Å². The Bertz CT molecular complexity index is 414. The standard InChI is InChI=1S/C12H16ClFN2S/c1-17-12-4-2-3-10(12)16-11-5-7(13)8(14)6-9(11)15/h5-6,10,12,16H,2-4,15H2,1H3. The minimum Gasteiger partial charge on any atom is -0.397 e. The number of benzene rings is 1. The summed E-state index contributed by atoms with van der Waals surface area (Å²) in [7, 11) is 0. The summed E-state index contributed by atoms with van der Waals surface area (Å²) in [5, 5.41) is 4.09. The fourth-order valence-electron chi connectivity index (χ4n) is 2.26. The second-order valence-corrected chi connectivity index (χ2v) is 5.79. The lowest BCUT2D eigenvalue weighted by Crippen LogP contribution is -2.26. The van der Waals surface area contributed by atoms with Crippen molar-refractivity contribution in [1.29, 1.82) is 0 Å². The van der Waals surface area contributed by atoms with Gasteiger partial charge in [0, 0.05) is 17.4 Å². The number of rotatable bonds is 3. The van der Waals surface area contributed by atoms with Gasteiger partial charge in [0.15, 0.2) is 0 Å². The van der Waals surface area contributed by atoms with Crippen LogP contribution in [0.1, 0.15) is 19.3 Å². The summed E-state index contributed by atoms with van der Waals surface area (Å²) < 4.78 is 13.2. The highest BCUT2D eigenvalue weighted by Crippen LogP contribution is 2.33. The predicted octanol–water partition coefficient (Wildman–Crippen LogP) is 3.76. The molecule has 2 unspecified atom stereocenters. The van der Waals surface area contributed by atoms with Crippen molar-refractivity contribution in [3.63, 3.8) is 0 Å². The molecule has 0 heterocycles. The highest BCUT2D eigenvalue weighted by molar-refractivity contribution is 7.99. The lowest BCUT2D eigenvalue weighted by molar-refractivity contribution is 0.629. The molecule has 0 bridgehead atoms. The molecule has 0 aliphatic heterocycles. The third-order valence-corrected chi connectivity index (χ3v) is 4.65. The Kier molecular flexibility index (Phi) is 4.05. The van der Waals surface area contributed by atoms with Gasteiger partial charge in [-0.3, -0.25) is 0 Å². The van der Waals surface area contributed by atoms with Crippen LogP contribution in [0.25, 0.3) is 0 Å². The summed E-state index contributed by atoms with van der Waals surface area (Å²) in [5.74, 6) is -0.470. The zero-order chi connectivity index (χ0) is 12.4. The van der Waals surface area contributed by atoms with Crippen molar-refractivity contribution in [2.24, 2.45) is 0 Å². The van der Waals surface area contributed by atoms with Gasteiger partial charge in [-0.25, -0.2) is 4.39 Å². The van der Waals surface area contributed by atoms with Crippen molar-refractivity contribution in [3.8, 4) is 0 Å². The lowest BCUT2D eigenvalue weighted by Gasteiger charge is -2.21. The van der Waals surface area contributed by atoms with Gasteiger partial charge < -0.3 is 11.1 Å². The lowest BCUT2D eigenvalue weighted by atomic mass is 10.2. The Morgan fingerprint density at radius 2 is 2.24 bits per heavy atom. The largest absolute Gasteiger partial charge is 0.397 e. The third kappa shape index (κ3) is 2.80. The first-order valence-corrected chi connectivity index (χ1v) is 7.32. The van der Waals surface area contributed by atoms with E-state index in [1.165, 1.54) is 18.9 Å². The molecule has 2 atom stereocenters. The highest BCUT2D eigenvalue weighted by Gasteiger charge is 2.26. The van der Waals surface area contributed by atoms with Crippen LogP contribution < -0.4 is 11.1 Å². The number of hydrogen-bond donors (Lipinski definition) is 2. The molecule has 2 rings (SSSR count). The Morgan fingerprint density at radius 1 is 1.47 bits per heavy atom. The average Bonchev–Trinajstić information content (AvgIpc) is 2.73. The Labute approximate surface area is 110 Å². The summed E-state index contributed by atoms with van der Waals surface area (Å²) in [6, 6.07) is 3.24. The van der Waals surface area contributed by atoms with E-state index in [-0.39, 0.29) is 5.02 Å². The van der Waals surface area contributed by atoms with Gasteiger partial charge in [0.2, 0.25) is 0 Å². The van der Waals surface area contributed by atoms with Crippen LogP contribution in [0.3, 0.4) is 0 Å². The summed E-state index contributed by atoms with van der Waals surface area (Å²) in [5.41, 5.74) is 6.94. The molecule has 1 aliphatic rings. The number of thioether (sulfide) groups is 1. The van der Waals surface area contributed by atoms with E-state index in [0.29, 0.717) is 17.0 Å². The molecule has 1 saturated carbocycles. The topological polar surface area (TPSA) is 38.0 Å². The Balaban J connectivity index is 2.15.